The van der Waals surface area contributed by atoms with Crippen molar-refractivity contribution in [3.05, 3.63) is 33.1 Å². The van der Waals surface area contributed by atoms with Crippen LogP contribution in [0.4, 0.5) is 15.8 Å². The average molecular weight is 291 g/mol. The van der Waals surface area contributed by atoms with Gasteiger partial charge in [0, 0.05) is 13.6 Å². The fraction of sp³-hybridized carbons (Fsp3) is 0.364. The van der Waals surface area contributed by atoms with Crippen molar-refractivity contribution in [3.63, 3.8) is 0 Å². The van der Waals surface area contributed by atoms with Gasteiger partial charge in [-0.25, -0.2) is 4.39 Å². The van der Waals surface area contributed by atoms with Crippen molar-refractivity contribution in [2.75, 3.05) is 25.6 Å². The molecule has 0 saturated carbocycles. The largest absolute Gasteiger partial charge is 0.469 e. The van der Waals surface area contributed by atoms with Crippen molar-refractivity contribution in [1.29, 1.82) is 0 Å². The summed E-state index contributed by atoms with van der Waals surface area (Å²) in [5.41, 5.74) is -0.269. The topological polar surface area (TPSA) is 72.7 Å². The molecule has 1 aromatic carbocycles. The van der Waals surface area contributed by atoms with Crippen molar-refractivity contribution in [3.8, 4) is 0 Å². The van der Waals surface area contributed by atoms with E-state index in [1.807, 2.05) is 0 Å². The fourth-order valence-corrected chi connectivity index (χ4v) is 1.62. The van der Waals surface area contributed by atoms with Gasteiger partial charge in [0.15, 0.2) is 0 Å². The van der Waals surface area contributed by atoms with Crippen LogP contribution in [0.1, 0.15) is 6.42 Å². The van der Waals surface area contributed by atoms with Crippen LogP contribution >= 0.6 is 11.6 Å². The highest BCUT2D eigenvalue weighted by atomic mass is 35.5. The van der Waals surface area contributed by atoms with E-state index in [1.165, 1.54) is 12.0 Å². The Balaban J connectivity index is 3.01. The molecule has 0 amide bonds. The van der Waals surface area contributed by atoms with Crippen molar-refractivity contribution < 1.29 is 18.8 Å². The number of anilines is 1. The van der Waals surface area contributed by atoms with E-state index in [0.29, 0.717) is 0 Å². The maximum Gasteiger partial charge on any atom is 0.307 e. The van der Waals surface area contributed by atoms with E-state index in [1.54, 1.807) is 7.05 Å². The molecule has 0 saturated heterocycles. The highest BCUT2D eigenvalue weighted by molar-refractivity contribution is 6.31. The molecule has 0 aliphatic carbocycles. The third kappa shape index (κ3) is 3.78. The first-order chi connectivity index (χ1) is 8.86. The van der Waals surface area contributed by atoms with Gasteiger partial charge >= 0.3 is 5.97 Å². The lowest BCUT2D eigenvalue weighted by Gasteiger charge is -2.18. The zero-order valence-corrected chi connectivity index (χ0v) is 11.1. The summed E-state index contributed by atoms with van der Waals surface area (Å²) < 4.78 is 17.7. The second kappa shape index (κ2) is 6.33. The number of nitrogens with zero attached hydrogens (tertiary/aromatic N) is 2. The predicted molar refractivity (Wildman–Crippen MR) is 68.0 cm³/mol. The minimum Gasteiger partial charge on any atom is -0.469 e. The van der Waals surface area contributed by atoms with Crippen LogP contribution < -0.4 is 4.90 Å². The molecule has 0 atom stereocenters. The number of nitro groups is 1. The summed E-state index contributed by atoms with van der Waals surface area (Å²) in [7, 11) is 2.79. The molecular weight excluding hydrogens is 279 g/mol. The van der Waals surface area contributed by atoms with E-state index < -0.39 is 22.4 Å². The Hall–Kier alpha value is -1.89. The second-order valence-corrected chi connectivity index (χ2v) is 4.17. The first-order valence-corrected chi connectivity index (χ1v) is 5.66. The third-order valence-electron chi connectivity index (χ3n) is 2.50. The highest BCUT2D eigenvalue weighted by Gasteiger charge is 2.21. The lowest BCUT2D eigenvalue weighted by molar-refractivity contribution is -0.384. The molecule has 0 unspecified atom stereocenters. The molecule has 0 bridgehead atoms. The van der Waals surface area contributed by atoms with E-state index >= 15 is 0 Å². The van der Waals surface area contributed by atoms with Crippen LogP contribution in [0.5, 0.6) is 0 Å². The van der Waals surface area contributed by atoms with Gasteiger partial charge in [-0.05, 0) is 6.07 Å². The van der Waals surface area contributed by atoms with Crippen molar-refractivity contribution in [2.24, 2.45) is 0 Å². The Kier molecular flexibility index (Phi) is 5.05. The summed E-state index contributed by atoms with van der Waals surface area (Å²) in [6, 6.07) is 1.92. The number of carbonyl (C=O) groups excluding carboxylic acids is 1. The number of ether oxygens (including phenoxy) is 1. The second-order valence-electron chi connectivity index (χ2n) is 3.76. The summed E-state index contributed by atoms with van der Waals surface area (Å²) >= 11 is 5.61. The van der Waals surface area contributed by atoms with E-state index in [9.17, 15) is 19.3 Å². The first kappa shape index (κ1) is 15.2. The minimum atomic E-state index is -0.863. The van der Waals surface area contributed by atoms with Gasteiger partial charge < -0.3 is 9.64 Å². The van der Waals surface area contributed by atoms with Gasteiger partial charge in [0.1, 0.15) is 11.5 Å². The normalized spacial score (nSPS) is 10.1. The maximum atomic E-state index is 13.2. The molecule has 104 valence electrons. The lowest BCUT2D eigenvalue weighted by Crippen LogP contribution is -2.22. The maximum absolute atomic E-state index is 13.2. The van der Waals surface area contributed by atoms with Crippen LogP contribution in [0.2, 0.25) is 5.02 Å². The van der Waals surface area contributed by atoms with E-state index in [0.717, 1.165) is 12.1 Å². The standard InChI is InChI=1S/C11H12ClFN2O4/c1-14(4-3-11(16)19-2)9-5-7(12)8(13)6-10(9)15(17)18/h5-6H,3-4H2,1-2H3. The number of hydrogen-bond donors (Lipinski definition) is 0. The molecule has 0 fully saturated rings. The van der Waals surface area contributed by atoms with Gasteiger partial charge in [-0.1, -0.05) is 11.6 Å². The summed E-state index contributed by atoms with van der Waals surface area (Å²) in [5, 5.41) is 10.6. The first-order valence-electron chi connectivity index (χ1n) is 5.28. The number of carbonyl (C=O) groups is 1. The molecule has 1 rings (SSSR count). The van der Waals surface area contributed by atoms with Gasteiger partial charge in [-0.3, -0.25) is 14.9 Å². The van der Waals surface area contributed by atoms with Gasteiger partial charge in [0.05, 0.1) is 29.5 Å². The zero-order chi connectivity index (χ0) is 14.6. The van der Waals surface area contributed by atoms with E-state index in [-0.39, 0.29) is 23.7 Å². The van der Waals surface area contributed by atoms with Crippen LogP contribution in [-0.4, -0.2) is 31.6 Å². The summed E-state index contributed by atoms with van der Waals surface area (Å²) in [5.74, 6) is -1.30. The Bertz CT molecular complexity index is 510. The molecule has 8 heteroatoms. The van der Waals surface area contributed by atoms with Crippen LogP contribution in [0, 0.1) is 15.9 Å². The zero-order valence-electron chi connectivity index (χ0n) is 10.4. The number of rotatable bonds is 5. The quantitative estimate of drug-likeness (QED) is 0.473. The third-order valence-corrected chi connectivity index (χ3v) is 2.79. The van der Waals surface area contributed by atoms with Crippen LogP contribution in [-0.2, 0) is 9.53 Å². The van der Waals surface area contributed by atoms with Gasteiger partial charge in [0.25, 0.3) is 5.69 Å². The number of halogens is 2. The number of methoxy groups -OCH3 is 1. The fourth-order valence-electron chi connectivity index (χ4n) is 1.46. The van der Waals surface area contributed by atoms with Gasteiger partial charge in [0.2, 0.25) is 0 Å². The molecule has 0 N–H and O–H groups in total. The SMILES string of the molecule is COC(=O)CCN(C)c1cc(Cl)c(F)cc1[N+](=O)[O-]. The van der Waals surface area contributed by atoms with Gasteiger partial charge in [-0.15, -0.1) is 0 Å². The number of esters is 1. The van der Waals surface area contributed by atoms with Crippen molar-refractivity contribution >= 4 is 28.9 Å². The molecule has 19 heavy (non-hydrogen) atoms. The monoisotopic (exact) mass is 290 g/mol. The van der Waals surface area contributed by atoms with E-state index in [4.69, 9.17) is 11.6 Å². The Labute approximate surface area is 113 Å². The Morgan fingerprint density at radius 2 is 2.21 bits per heavy atom. The van der Waals surface area contributed by atoms with Crippen LogP contribution in [0.3, 0.4) is 0 Å². The molecule has 1 aromatic rings. The molecule has 0 aliphatic rings. The molecule has 0 heterocycles. The number of benzene rings is 1. The smallest absolute Gasteiger partial charge is 0.307 e. The summed E-state index contributed by atoms with van der Waals surface area (Å²) in [4.78, 5) is 22.6. The lowest BCUT2D eigenvalue weighted by atomic mass is 10.2. The molecule has 0 aromatic heterocycles. The molecule has 0 spiro atoms. The highest BCUT2D eigenvalue weighted by Crippen LogP contribution is 2.32. The molecule has 6 nitrogen and oxygen atoms in total. The van der Waals surface area contributed by atoms with Crippen molar-refractivity contribution in [2.45, 2.75) is 6.42 Å². The molecule has 0 aliphatic heterocycles. The average Bonchev–Trinajstić information content (AvgIpc) is 2.37. The van der Waals surface area contributed by atoms with E-state index in [2.05, 4.69) is 4.74 Å². The molecular formula is C11H12ClFN2O4. The minimum absolute atomic E-state index is 0.0547. The van der Waals surface area contributed by atoms with Gasteiger partial charge in [-0.2, -0.15) is 0 Å². The Morgan fingerprint density at radius 3 is 2.74 bits per heavy atom. The predicted octanol–water partition coefficient (Wildman–Crippen LogP) is 2.39. The summed E-state index contributed by atoms with van der Waals surface area (Å²) in [6.45, 7) is 0.190. The molecule has 0 radical (unpaired) electrons. The number of nitro benzene ring substituents is 1. The Morgan fingerprint density at radius 1 is 1.58 bits per heavy atom. The number of hydrogen-bond acceptors (Lipinski definition) is 5. The van der Waals surface area contributed by atoms with Crippen molar-refractivity contribution in [1.82, 2.24) is 0 Å². The van der Waals surface area contributed by atoms with Crippen LogP contribution in [0.25, 0.3) is 0 Å². The van der Waals surface area contributed by atoms with Crippen LogP contribution in [0.15, 0.2) is 12.1 Å². The summed E-state index contributed by atoms with van der Waals surface area (Å²) in [6.07, 6.45) is 0.0547.